The summed E-state index contributed by atoms with van der Waals surface area (Å²) in [6, 6.07) is 6.21. The Hall–Kier alpha value is -1.38. The number of hydrogen-bond acceptors (Lipinski definition) is 1. The second-order valence-electron chi connectivity index (χ2n) is 6.19. The zero-order chi connectivity index (χ0) is 13.4. The van der Waals surface area contributed by atoms with E-state index < -0.39 is 0 Å². The Balaban J connectivity index is 1.98. The third-order valence-electron chi connectivity index (χ3n) is 3.82. The van der Waals surface area contributed by atoms with Crippen LogP contribution in [0.15, 0.2) is 24.3 Å². The molecule has 0 spiro atoms. The van der Waals surface area contributed by atoms with Crippen molar-refractivity contribution in [1.29, 1.82) is 0 Å². The van der Waals surface area contributed by atoms with Crippen LogP contribution in [0.1, 0.15) is 39.2 Å². The topological polar surface area (TPSA) is 29.1 Å². The first kappa shape index (κ1) is 13.1. The molecule has 0 atom stereocenters. The minimum absolute atomic E-state index is 0.0203. The fraction of sp³-hybridized carbons (Fsp3) is 0.533. The first-order chi connectivity index (χ1) is 8.32. The van der Waals surface area contributed by atoms with Gasteiger partial charge in [0.1, 0.15) is 5.82 Å². The van der Waals surface area contributed by atoms with Crippen LogP contribution < -0.4 is 5.32 Å². The summed E-state index contributed by atoms with van der Waals surface area (Å²) in [7, 11) is 0. The third kappa shape index (κ3) is 2.71. The van der Waals surface area contributed by atoms with E-state index >= 15 is 0 Å². The van der Waals surface area contributed by atoms with Gasteiger partial charge in [0.15, 0.2) is 0 Å². The van der Waals surface area contributed by atoms with Gasteiger partial charge in [-0.1, -0.05) is 32.9 Å². The average molecular weight is 249 g/mol. The van der Waals surface area contributed by atoms with Gasteiger partial charge in [-0.2, -0.15) is 0 Å². The molecule has 1 N–H and O–H groups in total. The van der Waals surface area contributed by atoms with E-state index in [1.807, 2.05) is 0 Å². The molecule has 1 aliphatic carbocycles. The molecule has 1 fully saturated rings. The van der Waals surface area contributed by atoms with Gasteiger partial charge in [-0.25, -0.2) is 4.39 Å². The molecular weight excluding hydrogens is 229 g/mol. The minimum atomic E-state index is -0.294. The van der Waals surface area contributed by atoms with Crippen LogP contribution in [0.4, 0.5) is 4.39 Å². The van der Waals surface area contributed by atoms with Gasteiger partial charge in [-0.15, -0.1) is 0 Å². The Morgan fingerprint density at radius 2 is 2.06 bits per heavy atom. The van der Waals surface area contributed by atoms with E-state index in [1.54, 1.807) is 12.1 Å². The summed E-state index contributed by atoms with van der Waals surface area (Å²) < 4.78 is 13.0. The molecule has 1 amide bonds. The summed E-state index contributed by atoms with van der Waals surface area (Å²) in [5.74, 6) is -0.315. The van der Waals surface area contributed by atoms with Crippen molar-refractivity contribution in [2.45, 2.75) is 45.6 Å². The number of rotatable bonds is 3. The quantitative estimate of drug-likeness (QED) is 0.876. The van der Waals surface area contributed by atoms with Crippen LogP contribution >= 0.6 is 0 Å². The van der Waals surface area contributed by atoms with Crippen molar-refractivity contribution in [3.8, 4) is 0 Å². The number of nitrogens with one attached hydrogen (secondary N) is 1. The lowest BCUT2D eigenvalue weighted by molar-refractivity contribution is -0.122. The van der Waals surface area contributed by atoms with Crippen molar-refractivity contribution in [3.63, 3.8) is 0 Å². The molecule has 2 nitrogen and oxygen atoms in total. The molecule has 3 heteroatoms. The van der Waals surface area contributed by atoms with E-state index in [1.165, 1.54) is 12.1 Å². The lowest BCUT2D eigenvalue weighted by atomic mass is 9.84. The van der Waals surface area contributed by atoms with Gasteiger partial charge in [0.2, 0.25) is 5.91 Å². The normalized spacial score (nSPS) is 17.3. The van der Waals surface area contributed by atoms with Crippen molar-refractivity contribution in [1.82, 2.24) is 5.32 Å². The number of benzene rings is 1. The van der Waals surface area contributed by atoms with Gasteiger partial charge in [-0.3, -0.25) is 4.79 Å². The Kier molecular flexibility index (Phi) is 3.18. The molecule has 0 radical (unpaired) electrons. The molecular formula is C15H20FNO. The Bertz CT molecular complexity index is 458. The molecule has 2 rings (SSSR count). The van der Waals surface area contributed by atoms with Gasteiger partial charge in [0.05, 0.1) is 6.42 Å². The van der Waals surface area contributed by atoms with Crippen LogP contribution in [0.5, 0.6) is 0 Å². The van der Waals surface area contributed by atoms with Crippen molar-refractivity contribution in [2.75, 3.05) is 0 Å². The third-order valence-corrected chi connectivity index (χ3v) is 3.82. The maximum absolute atomic E-state index is 13.0. The molecule has 1 saturated carbocycles. The molecule has 0 bridgehead atoms. The number of hydrogen-bond donors (Lipinski definition) is 1. The molecule has 1 aromatic carbocycles. The van der Waals surface area contributed by atoms with E-state index in [0.29, 0.717) is 0 Å². The summed E-state index contributed by atoms with van der Waals surface area (Å²) in [6.45, 7) is 6.42. The van der Waals surface area contributed by atoms with Gasteiger partial charge >= 0.3 is 0 Å². The maximum atomic E-state index is 13.0. The molecule has 0 aromatic heterocycles. The first-order valence-electron chi connectivity index (χ1n) is 6.38. The molecule has 0 heterocycles. The fourth-order valence-electron chi connectivity index (χ4n) is 2.33. The number of halogens is 1. The minimum Gasteiger partial charge on any atom is -0.350 e. The summed E-state index contributed by atoms with van der Waals surface area (Å²) in [5.41, 5.74) is 0.736. The van der Waals surface area contributed by atoms with E-state index in [-0.39, 0.29) is 29.1 Å². The average Bonchev–Trinajstić information content (AvgIpc) is 2.97. The van der Waals surface area contributed by atoms with Crippen LogP contribution in [0.25, 0.3) is 0 Å². The summed E-state index contributed by atoms with van der Waals surface area (Å²) >= 11 is 0. The molecule has 0 unspecified atom stereocenters. The highest BCUT2D eigenvalue weighted by atomic mass is 19.1. The van der Waals surface area contributed by atoms with Gasteiger partial charge in [0.25, 0.3) is 0 Å². The standard InChI is InChI=1S/C15H20FNO/c1-14(2,3)15(7-8-15)17-13(18)10-11-5-4-6-12(16)9-11/h4-6,9H,7-8,10H2,1-3H3,(H,17,18). The second-order valence-corrected chi connectivity index (χ2v) is 6.19. The van der Waals surface area contributed by atoms with E-state index in [4.69, 9.17) is 0 Å². The highest BCUT2D eigenvalue weighted by molar-refractivity contribution is 5.79. The van der Waals surface area contributed by atoms with E-state index in [2.05, 4.69) is 26.1 Å². The SMILES string of the molecule is CC(C)(C)C1(NC(=O)Cc2cccc(F)c2)CC1. The number of carbonyl (C=O) groups excluding carboxylic acids is 1. The van der Waals surface area contributed by atoms with Crippen LogP contribution in [0.2, 0.25) is 0 Å². The monoisotopic (exact) mass is 249 g/mol. The second kappa shape index (κ2) is 4.38. The molecule has 0 aliphatic heterocycles. The summed E-state index contributed by atoms with van der Waals surface area (Å²) in [5, 5.41) is 3.11. The predicted octanol–water partition coefficient (Wildman–Crippen LogP) is 3.06. The van der Waals surface area contributed by atoms with Crippen molar-refractivity contribution in [3.05, 3.63) is 35.6 Å². The van der Waals surface area contributed by atoms with Crippen LogP contribution in [-0.4, -0.2) is 11.4 Å². The zero-order valence-corrected chi connectivity index (χ0v) is 11.2. The summed E-state index contributed by atoms with van der Waals surface area (Å²) in [6.07, 6.45) is 2.31. The number of carbonyl (C=O) groups is 1. The molecule has 0 saturated heterocycles. The molecule has 1 aromatic rings. The predicted molar refractivity (Wildman–Crippen MR) is 69.7 cm³/mol. The van der Waals surface area contributed by atoms with E-state index in [9.17, 15) is 9.18 Å². The molecule has 1 aliphatic rings. The lowest BCUT2D eigenvalue weighted by Gasteiger charge is -2.31. The summed E-state index contributed by atoms with van der Waals surface area (Å²) in [4.78, 5) is 12.0. The van der Waals surface area contributed by atoms with Gasteiger partial charge < -0.3 is 5.32 Å². The first-order valence-corrected chi connectivity index (χ1v) is 6.38. The van der Waals surface area contributed by atoms with E-state index in [0.717, 1.165) is 18.4 Å². The Morgan fingerprint density at radius 3 is 2.56 bits per heavy atom. The number of amides is 1. The highest BCUT2D eigenvalue weighted by Gasteiger charge is 2.52. The zero-order valence-electron chi connectivity index (χ0n) is 11.2. The fourth-order valence-corrected chi connectivity index (χ4v) is 2.33. The molecule has 18 heavy (non-hydrogen) atoms. The molecule has 98 valence electrons. The van der Waals surface area contributed by atoms with Crippen LogP contribution in [0.3, 0.4) is 0 Å². The van der Waals surface area contributed by atoms with Crippen molar-refractivity contribution >= 4 is 5.91 Å². The maximum Gasteiger partial charge on any atom is 0.224 e. The Labute approximate surface area is 108 Å². The van der Waals surface area contributed by atoms with Crippen molar-refractivity contribution < 1.29 is 9.18 Å². The van der Waals surface area contributed by atoms with Crippen LogP contribution in [-0.2, 0) is 11.2 Å². The smallest absolute Gasteiger partial charge is 0.224 e. The van der Waals surface area contributed by atoms with Crippen molar-refractivity contribution in [2.24, 2.45) is 5.41 Å². The van der Waals surface area contributed by atoms with Crippen LogP contribution in [0, 0.1) is 11.2 Å². The highest BCUT2D eigenvalue weighted by Crippen LogP contribution is 2.49. The largest absolute Gasteiger partial charge is 0.350 e. The lowest BCUT2D eigenvalue weighted by Crippen LogP contribution is -2.46. The van der Waals surface area contributed by atoms with Gasteiger partial charge in [0, 0.05) is 5.54 Å². The Morgan fingerprint density at radius 1 is 1.39 bits per heavy atom. The van der Waals surface area contributed by atoms with Gasteiger partial charge in [-0.05, 0) is 36.0 Å².